The zero-order chi connectivity index (χ0) is 14.2. The molecule has 3 heterocycles. The van der Waals surface area contributed by atoms with Gasteiger partial charge in [0.15, 0.2) is 5.58 Å². The van der Waals surface area contributed by atoms with E-state index in [-0.39, 0.29) is 0 Å². The molecule has 2 fully saturated rings. The summed E-state index contributed by atoms with van der Waals surface area (Å²) < 4.78 is 5.87. The molecule has 5 heteroatoms. The number of hydrogen-bond donors (Lipinski definition) is 0. The van der Waals surface area contributed by atoms with Crippen molar-refractivity contribution >= 4 is 28.7 Å². The second-order valence-electron chi connectivity index (χ2n) is 6.07. The van der Waals surface area contributed by atoms with Gasteiger partial charge in [0.25, 0.3) is 6.01 Å². The number of rotatable bonds is 2. The van der Waals surface area contributed by atoms with Crippen LogP contribution in [0, 0.1) is 0 Å². The van der Waals surface area contributed by atoms with Gasteiger partial charge in [-0.25, -0.2) is 0 Å². The van der Waals surface area contributed by atoms with Crippen LogP contribution in [-0.2, 0) is 0 Å². The Balaban J connectivity index is 1.46. The molecule has 21 heavy (non-hydrogen) atoms. The highest BCUT2D eigenvalue weighted by Crippen LogP contribution is 2.28. The van der Waals surface area contributed by atoms with Crippen molar-refractivity contribution in [2.24, 2.45) is 0 Å². The zero-order valence-electron chi connectivity index (χ0n) is 12.1. The summed E-state index contributed by atoms with van der Waals surface area (Å²) >= 11 is 6.00. The number of benzene rings is 1. The molecule has 0 N–H and O–H groups in total. The number of fused-ring (bicyclic) bond motifs is 1. The summed E-state index contributed by atoms with van der Waals surface area (Å²) in [5.74, 6) is 0. The monoisotopic (exact) mass is 305 g/mol. The Morgan fingerprint density at radius 2 is 1.86 bits per heavy atom. The maximum atomic E-state index is 6.00. The molecule has 0 unspecified atom stereocenters. The summed E-state index contributed by atoms with van der Waals surface area (Å²) in [5, 5.41) is 0.693. The van der Waals surface area contributed by atoms with Gasteiger partial charge >= 0.3 is 0 Å². The minimum Gasteiger partial charge on any atom is -0.423 e. The van der Waals surface area contributed by atoms with E-state index in [9.17, 15) is 0 Å². The highest BCUT2D eigenvalue weighted by molar-refractivity contribution is 6.31. The molecule has 2 saturated heterocycles. The average molecular weight is 306 g/mol. The summed E-state index contributed by atoms with van der Waals surface area (Å²) in [4.78, 5) is 9.51. The van der Waals surface area contributed by atoms with Gasteiger partial charge in [0, 0.05) is 30.2 Å². The van der Waals surface area contributed by atoms with Gasteiger partial charge in [0.1, 0.15) is 5.52 Å². The molecule has 112 valence electrons. The standard InChI is InChI=1S/C16H20ClN3O/c17-12-3-4-14-15(11-12)21-16(18-14)20-9-5-13(6-10-20)19-7-1-2-8-19/h3-4,11,13H,1-2,5-10H2. The Morgan fingerprint density at radius 3 is 2.62 bits per heavy atom. The van der Waals surface area contributed by atoms with Crippen molar-refractivity contribution in [3.63, 3.8) is 0 Å². The van der Waals surface area contributed by atoms with Gasteiger partial charge in [-0.05, 0) is 50.9 Å². The van der Waals surface area contributed by atoms with Crippen molar-refractivity contribution in [1.29, 1.82) is 0 Å². The lowest BCUT2D eigenvalue weighted by Gasteiger charge is -2.35. The first-order valence-corrected chi connectivity index (χ1v) is 8.22. The third kappa shape index (κ3) is 2.62. The molecule has 0 saturated carbocycles. The van der Waals surface area contributed by atoms with E-state index in [1.54, 1.807) is 0 Å². The molecule has 2 aliphatic rings. The summed E-state index contributed by atoms with van der Waals surface area (Å²) in [7, 11) is 0. The van der Waals surface area contributed by atoms with Gasteiger partial charge in [-0.1, -0.05) is 11.6 Å². The molecule has 0 aliphatic carbocycles. The van der Waals surface area contributed by atoms with E-state index in [2.05, 4.69) is 14.8 Å². The normalized spacial score (nSPS) is 21.5. The quantitative estimate of drug-likeness (QED) is 0.849. The molecule has 1 aromatic heterocycles. The lowest BCUT2D eigenvalue weighted by molar-refractivity contribution is 0.206. The van der Waals surface area contributed by atoms with Crippen LogP contribution in [0.5, 0.6) is 0 Å². The molecular formula is C16H20ClN3O. The van der Waals surface area contributed by atoms with Crippen LogP contribution in [0.25, 0.3) is 11.1 Å². The smallest absolute Gasteiger partial charge is 0.298 e. The number of aromatic nitrogens is 1. The van der Waals surface area contributed by atoms with E-state index in [0.29, 0.717) is 5.02 Å². The van der Waals surface area contributed by atoms with Crippen molar-refractivity contribution < 1.29 is 4.42 Å². The predicted octanol–water partition coefficient (Wildman–Crippen LogP) is 3.55. The molecule has 0 spiro atoms. The van der Waals surface area contributed by atoms with Crippen LogP contribution in [0.3, 0.4) is 0 Å². The first-order chi connectivity index (χ1) is 10.3. The second-order valence-corrected chi connectivity index (χ2v) is 6.51. The molecule has 2 aliphatic heterocycles. The molecule has 0 amide bonds. The number of oxazole rings is 1. The van der Waals surface area contributed by atoms with Gasteiger partial charge in [-0.2, -0.15) is 4.98 Å². The van der Waals surface area contributed by atoms with Crippen LogP contribution in [-0.4, -0.2) is 42.1 Å². The van der Waals surface area contributed by atoms with Crippen LogP contribution >= 0.6 is 11.6 Å². The largest absolute Gasteiger partial charge is 0.423 e. The van der Waals surface area contributed by atoms with Crippen molar-refractivity contribution in [2.45, 2.75) is 31.7 Å². The van der Waals surface area contributed by atoms with Crippen molar-refractivity contribution in [2.75, 3.05) is 31.1 Å². The van der Waals surface area contributed by atoms with E-state index in [0.717, 1.165) is 36.2 Å². The van der Waals surface area contributed by atoms with Gasteiger partial charge in [-0.15, -0.1) is 0 Å². The lowest BCUT2D eigenvalue weighted by Crippen LogP contribution is -2.43. The summed E-state index contributed by atoms with van der Waals surface area (Å²) in [6, 6.07) is 7.11. The average Bonchev–Trinajstić information content (AvgIpc) is 3.16. The van der Waals surface area contributed by atoms with E-state index in [4.69, 9.17) is 16.0 Å². The fourth-order valence-electron chi connectivity index (χ4n) is 3.55. The number of likely N-dealkylation sites (tertiary alicyclic amines) is 1. The number of piperidine rings is 1. The molecule has 1 aromatic carbocycles. The fourth-order valence-corrected chi connectivity index (χ4v) is 3.71. The molecule has 2 aromatic rings. The summed E-state index contributed by atoms with van der Waals surface area (Å²) in [6.07, 6.45) is 5.15. The number of halogens is 1. The van der Waals surface area contributed by atoms with Crippen LogP contribution < -0.4 is 4.90 Å². The Hall–Kier alpha value is -1.26. The van der Waals surface area contributed by atoms with Crippen molar-refractivity contribution in [1.82, 2.24) is 9.88 Å². The van der Waals surface area contributed by atoms with Gasteiger partial charge in [0.2, 0.25) is 0 Å². The highest BCUT2D eigenvalue weighted by atomic mass is 35.5. The summed E-state index contributed by atoms with van der Waals surface area (Å²) in [6.45, 7) is 4.63. The topological polar surface area (TPSA) is 32.5 Å². The van der Waals surface area contributed by atoms with E-state index in [1.165, 1.54) is 38.8 Å². The van der Waals surface area contributed by atoms with E-state index in [1.807, 2.05) is 18.2 Å². The third-order valence-corrected chi connectivity index (χ3v) is 4.97. The highest BCUT2D eigenvalue weighted by Gasteiger charge is 2.28. The number of nitrogens with zero attached hydrogens (tertiary/aromatic N) is 3. The first-order valence-electron chi connectivity index (χ1n) is 7.85. The Morgan fingerprint density at radius 1 is 1.10 bits per heavy atom. The van der Waals surface area contributed by atoms with Gasteiger partial charge < -0.3 is 14.2 Å². The lowest BCUT2D eigenvalue weighted by atomic mass is 10.0. The fraction of sp³-hybridized carbons (Fsp3) is 0.562. The first kappa shape index (κ1) is 13.4. The summed E-state index contributed by atoms with van der Waals surface area (Å²) in [5.41, 5.74) is 1.66. The number of anilines is 1. The zero-order valence-corrected chi connectivity index (χ0v) is 12.9. The molecule has 4 nitrogen and oxygen atoms in total. The van der Waals surface area contributed by atoms with Gasteiger partial charge in [-0.3, -0.25) is 0 Å². The minimum absolute atomic E-state index is 0.693. The Bertz CT molecular complexity index is 627. The molecule has 0 bridgehead atoms. The molecular weight excluding hydrogens is 286 g/mol. The van der Waals surface area contributed by atoms with E-state index < -0.39 is 0 Å². The van der Waals surface area contributed by atoms with Gasteiger partial charge in [0.05, 0.1) is 0 Å². The van der Waals surface area contributed by atoms with Crippen molar-refractivity contribution in [3.8, 4) is 0 Å². The second kappa shape index (κ2) is 5.50. The van der Waals surface area contributed by atoms with Crippen LogP contribution in [0.2, 0.25) is 5.02 Å². The Labute approximate surface area is 129 Å². The number of hydrogen-bond acceptors (Lipinski definition) is 4. The van der Waals surface area contributed by atoms with E-state index >= 15 is 0 Å². The van der Waals surface area contributed by atoms with Crippen LogP contribution in [0.15, 0.2) is 22.6 Å². The Kier molecular flexibility index (Phi) is 3.51. The SMILES string of the molecule is Clc1ccc2nc(N3CCC(N4CCCC4)CC3)oc2c1. The van der Waals surface area contributed by atoms with Crippen LogP contribution in [0.1, 0.15) is 25.7 Å². The predicted molar refractivity (Wildman–Crippen MR) is 85.1 cm³/mol. The third-order valence-electron chi connectivity index (χ3n) is 4.73. The maximum absolute atomic E-state index is 6.00. The van der Waals surface area contributed by atoms with Crippen LogP contribution in [0.4, 0.5) is 6.01 Å². The minimum atomic E-state index is 0.693. The molecule has 0 atom stereocenters. The van der Waals surface area contributed by atoms with Crippen molar-refractivity contribution in [3.05, 3.63) is 23.2 Å². The maximum Gasteiger partial charge on any atom is 0.298 e. The molecule has 4 rings (SSSR count). The molecule has 0 radical (unpaired) electrons.